The number of carbonyl (C=O) groups is 2. The van der Waals surface area contributed by atoms with Gasteiger partial charge in [-0.1, -0.05) is 0 Å². The van der Waals surface area contributed by atoms with Crippen LogP contribution in [0.2, 0.25) is 0 Å². The smallest absolute Gasteiger partial charge is 0.339 e. The molecule has 0 bridgehead atoms. The number of aliphatic carboxylic acids is 1. The third-order valence-electron chi connectivity index (χ3n) is 6.26. The predicted octanol–water partition coefficient (Wildman–Crippen LogP) is 3.49. The average Bonchev–Trinajstić information content (AvgIpc) is 2.73. The van der Waals surface area contributed by atoms with Crippen molar-refractivity contribution in [2.24, 2.45) is 11.8 Å². The maximum absolute atomic E-state index is 12.5. The van der Waals surface area contributed by atoms with Crippen molar-refractivity contribution in [2.45, 2.75) is 59.5 Å². The topological polar surface area (TPSA) is 106 Å². The molecule has 3 rings (SSSR count). The third kappa shape index (κ3) is 4.50. The lowest BCUT2D eigenvalue weighted by atomic mass is 9.82. The molecule has 7 heteroatoms. The lowest BCUT2D eigenvalue weighted by Gasteiger charge is -2.26. The van der Waals surface area contributed by atoms with Crippen LogP contribution in [0.5, 0.6) is 5.75 Å². The van der Waals surface area contributed by atoms with E-state index in [0.29, 0.717) is 47.8 Å². The fourth-order valence-electron chi connectivity index (χ4n) is 4.00. The largest absolute Gasteiger partial charge is 0.481 e. The summed E-state index contributed by atoms with van der Waals surface area (Å²) in [5.41, 5.74) is 2.24. The van der Waals surface area contributed by atoms with E-state index in [4.69, 9.17) is 14.3 Å². The van der Waals surface area contributed by atoms with Gasteiger partial charge in [0.25, 0.3) is 5.91 Å². The summed E-state index contributed by atoms with van der Waals surface area (Å²) in [6.07, 6.45) is 2.20. The lowest BCUT2D eigenvalue weighted by molar-refractivity contribution is -0.143. The number of ether oxygens (including phenoxy) is 1. The SMILES string of the molecule is Cc1c(C)c2ccc(O[C@@H](C)C(=O)NCC3CCC(C(=O)O)CC3)c(C)c2oc1=O. The first-order valence-corrected chi connectivity index (χ1v) is 10.4. The molecule has 1 aromatic carbocycles. The average molecular weight is 415 g/mol. The number of rotatable bonds is 6. The lowest BCUT2D eigenvalue weighted by Crippen LogP contribution is -2.39. The van der Waals surface area contributed by atoms with Crippen LogP contribution in [0, 0.1) is 32.6 Å². The molecule has 0 saturated heterocycles. The van der Waals surface area contributed by atoms with Crippen LogP contribution in [0.1, 0.15) is 49.3 Å². The first kappa shape index (κ1) is 21.9. The number of carboxylic acids is 1. The molecule has 162 valence electrons. The molecular weight excluding hydrogens is 386 g/mol. The van der Waals surface area contributed by atoms with E-state index in [1.807, 2.05) is 13.0 Å². The normalized spacial score (nSPS) is 20.0. The zero-order valence-corrected chi connectivity index (χ0v) is 17.9. The Morgan fingerprint density at radius 2 is 1.80 bits per heavy atom. The van der Waals surface area contributed by atoms with Gasteiger partial charge in [-0.25, -0.2) is 4.79 Å². The Morgan fingerprint density at radius 3 is 2.43 bits per heavy atom. The second-order valence-corrected chi connectivity index (χ2v) is 8.27. The van der Waals surface area contributed by atoms with Gasteiger partial charge < -0.3 is 19.6 Å². The van der Waals surface area contributed by atoms with E-state index >= 15 is 0 Å². The number of aryl methyl sites for hydroxylation is 2. The maximum atomic E-state index is 12.5. The Kier molecular flexibility index (Phi) is 6.48. The molecule has 0 aliphatic heterocycles. The van der Waals surface area contributed by atoms with E-state index in [-0.39, 0.29) is 17.5 Å². The highest BCUT2D eigenvalue weighted by atomic mass is 16.5. The van der Waals surface area contributed by atoms with Crippen molar-refractivity contribution < 1.29 is 23.8 Å². The van der Waals surface area contributed by atoms with Gasteiger partial charge in [-0.3, -0.25) is 9.59 Å². The van der Waals surface area contributed by atoms with Crippen molar-refractivity contribution >= 4 is 22.8 Å². The van der Waals surface area contributed by atoms with Crippen LogP contribution in [0.15, 0.2) is 21.3 Å². The molecule has 1 atom stereocenters. The summed E-state index contributed by atoms with van der Waals surface area (Å²) in [6, 6.07) is 3.63. The summed E-state index contributed by atoms with van der Waals surface area (Å²) in [7, 11) is 0. The van der Waals surface area contributed by atoms with E-state index < -0.39 is 12.1 Å². The Balaban J connectivity index is 1.62. The molecule has 1 fully saturated rings. The number of nitrogens with one attached hydrogen (secondary N) is 1. The van der Waals surface area contributed by atoms with Crippen LogP contribution >= 0.6 is 0 Å². The standard InChI is InChI=1S/C23H29NO6/c1-12-13(2)23(28)30-20-14(3)19(10-9-18(12)20)29-15(4)21(25)24-11-16-5-7-17(8-6-16)22(26)27/h9-10,15-17H,5-8,11H2,1-4H3,(H,24,25)(H,26,27)/t15-,16?,17?/m0/s1. The van der Waals surface area contributed by atoms with Crippen molar-refractivity contribution in [3.8, 4) is 5.75 Å². The molecule has 0 unspecified atom stereocenters. The van der Waals surface area contributed by atoms with Gasteiger partial charge in [-0.05, 0) is 77.0 Å². The second kappa shape index (κ2) is 8.90. The Morgan fingerprint density at radius 1 is 1.13 bits per heavy atom. The summed E-state index contributed by atoms with van der Waals surface area (Å²) >= 11 is 0. The van der Waals surface area contributed by atoms with Gasteiger partial charge in [0.2, 0.25) is 0 Å². The first-order chi connectivity index (χ1) is 14.2. The van der Waals surface area contributed by atoms with Gasteiger partial charge in [0.15, 0.2) is 6.10 Å². The highest BCUT2D eigenvalue weighted by Crippen LogP contribution is 2.30. The molecule has 1 aliphatic carbocycles. The van der Waals surface area contributed by atoms with E-state index in [1.54, 1.807) is 26.8 Å². The predicted molar refractivity (Wildman–Crippen MR) is 113 cm³/mol. The van der Waals surface area contributed by atoms with Crippen molar-refractivity contribution in [1.82, 2.24) is 5.32 Å². The van der Waals surface area contributed by atoms with E-state index in [2.05, 4.69) is 5.32 Å². The van der Waals surface area contributed by atoms with Gasteiger partial charge in [0.1, 0.15) is 11.3 Å². The third-order valence-corrected chi connectivity index (χ3v) is 6.26. The summed E-state index contributed by atoms with van der Waals surface area (Å²) in [5, 5.41) is 12.8. The molecule has 7 nitrogen and oxygen atoms in total. The van der Waals surface area contributed by atoms with Crippen molar-refractivity contribution in [3.63, 3.8) is 0 Å². The molecule has 1 saturated carbocycles. The molecule has 0 spiro atoms. The molecule has 1 amide bonds. The molecule has 1 aliphatic rings. The second-order valence-electron chi connectivity index (χ2n) is 8.27. The van der Waals surface area contributed by atoms with Gasteiger partial charge in [0.05, 0.1) is 5.92 Å². The van der Waals surface area contributed by atoms with Crippen molar-refractivity contribution in [1.29, 1.82) is 0 Å². The van der Waals surface area contributed by atoms with Crippen LogP contribution in [0.25, 0.3) is 11.0 Å². The summed E-state index contributed by atoms with van der Waals surface area (Å²) < 4.78 is 11.3. The van der Waals surface area contributed by atoms with Crippen LogP contribution in [-0.4, -0.2) is 29.6 Å². The molecule has 30 heavy (non-hydrogen) atoms. The minimum Gasteiger partial charge on any atom is -0.481 e. The summed E-state index contributed by atoms with van der Waals surface area (Å²) in [6.45, 7) is 7.62. The van der Waals surface area contributed by atoms with Crippen molar-refractivity contribution in [2.75, 3.05) is 6.54 Å². The molecule has 1 heterocycles. The van der Waals surface area contributed by atoms with E-state index in [9.17, 15) is 14.4 Å². The van der Waals surface area contributed by atoms with Crippen LogP contribution in [0.3, 0.4) is 0 Å². The summed E-state index contributed by atoms with van der Waals surface area (Å²) in [5.74, 6) is -0.427. The number of amides is 1. The van der Waals surface area contributed by atoms with Gasteiger partial charge in [-0.2, -0.15) is 0 Å². The fraction of sp³-hybridized carbons (Fsp3) is 0.522. The van der Waals surface area contributed by atoms with Crippen LogP contribution in [0.4, 0.5) is 0 Å². The zero-order chi connectivity index (χ0) is 22.0. The number of hydrogen-bond acceptors (Lipinski definition) is 5. The Labute approximate surface area is 175 Å². The van der Waals surface area contributed by atoms with Gasteiger partial charge in [0, 0.05) is 23.1 Å². The minimum absolute atomic E-state index is 0.226. The Bertz CT molecular complexity index is 1020. The monoisotopic (exact) mass is 415 g/mol. The highest BCUT2D eigenvalue weighted by molar-refractivity contribution is 5.86. The van der Waals surface area contributed by atoms with Crippen molar-refractivity contribution in [3.05, 3.63) is 39.2 Å². The van der Waals surface area contributed by atoms with Crippen LogP contribution < -0.4 is 15.7 Å². The number of hydrogen-bond donors (Lipinski definition) is 2. The molecule has 2 N–H and O–H groups in total. The summed E-state index contributed by atoms with van der Waals surface area (Å²) in [4.78, 5) is 35.6. The first-order valence-electron chi connectivity index (χ1n) is 10.4. The minimum atomic E-state index is -0.730. The Hall–Kier alpha value is -2.83. The number of fused-ring (bicyclic) bond motifs is 1. The van der Waals surface area contributed by atoms with Crippen LogP contribution in [-0.2, 0) is 9.59 Å². The fourth-order valence-corrected chi connectivity index (χ4v) is 4.00. The maximum Gasteiger partial charge on any atom is 0.339 e. The van der Waals surface area contributed by atoms with Gasteiger partial charge in [-0.15, -0.1) is 0 Å². The quantitative estimate of drug-likeness (QED) is 0.700. The highest BCUT2D eigenvalue weighted by Gasteiger charge is 2.26. The molecule has 0 radical (unpaired) electrons. The number of carbonyl (C=O) groups excluding carboxylic acids is 1. The zero-order valence-electron chi connectivity index (χ0n) is 17.9. The van der Waals surface area contributed by atoms with E-state index in [0.717, 1.165) is 23.8 Å². The molecular formula is C23H29NO6. The van der Waals surface area contributed by atoms with E-state index in [1.165, 1.54) is 0 Å². The molecule has 2 aromatic rings. The number of carboxylic acid groups (broad SMARTS) is 1. The molecule has 1 aromatic heterocycles. The van der Waals surface area contributed by atoms with Gasteiger partial charge >= 0.3 is 11.6 Å². The number of benzene rings is 1.